The van der Waals surface area contributed by atoms with Crippen LogP contribution in [0.4, 0.5) is 17.5 Å². The van der Waals surface area contributed by atoms with E-state index in [2.05, 4.69) is 69.2 Å². The van der Waals surface area contributed by atoms with Crippen LogP contribution in [0.1, 0.15) is 19.5 Å². The van der Waals surface area contributed by atoms with Crippen molar-refractivity contribution in [3.63, 3.8) is 0 Å². The normalized spacial score (nSPS) is 19.9. The third-order valence-corrected chi connectivity index (χ3v) is 7.74. The third kappa shape index (κ3) is 4.54. The molecule has 1 aromatic heterocycles. The summed E-state index contributed by atoms with van der Waals surface area (Å²) >= 11 is 2.40. The van der Waals surface area contributed by atoms with Crippen LogP contribution >= 0.6 is 15.9 Å². The molecule has 2 N–H and O–H groups in total. The number of aryl methyl sites for hydroxylation is 1. The molecular formula is C21H28BrN5O2S. The molecule has 1 aromatic carbocycles. The Bertz CT molecular complexity index is 874. The number of piperazine rings is 1. The number of hydrogen-bond acceptors (Lipinski definition) is 7. The van der Waals surface area contributed by atoms with Gasteiger partial charge in [0.2, 0.25) is 10.8 Å². The van der Waals surface area contributed by atoms with Gasteiger partial charge in [-0.05, 0) is 41.4 Å². The second kappa shape index (κ2) is 9.30. The molecule has 7 nitrogen and oxygen atoms in total. The molecule has 0 aliphatic carbocycles. The first kappa shape index (κ1) is 21.7. The second-order valence-corrected chi connectivity index (χ2v) is 10.5. The molecule has 3 heterocycles. The Morgan fingerprint density at radius 3 is 2.43 bits per heavy atom. The number of halogens is 1. The number of rotatable bonds is 6. The Balaban J connectivity index is 1.53. The van der Waals surface area contributed by atoms with Crippen LogP contribution in [-0.2, 0) is 17.6 Å². The van der Waals surface area contributed by atoms with E-state index < -0.39 is 11.2 Å². The highest BCUT2D eigenvalue weighted by atomic mass is 79.9. The highest BCUT2D eigenvalue weighted by Crippen LogP contribution is 2.33. The summed E-state index contributed by atoms with van der Waals surface area (Å²) in [7, 11) is 0. The minimum Gasteiger partial charge on any atom is -0.611 e. The van der Waals surface area contributed by atoms with E-state index in [1.54, 1.807) is 0 Å². The topological polar surface area (TPSA) is 87.6 Å². The molecule has 0 saturated carbocycles. The average Bonchev–Trinajstić information content (AvgIpc) is 3.13. The van der Waals surface area contributed by atoms with E-state index in [1.165, 1.54) is 5.69 Å². The lowest BCUT2D eigenvalue weighted by atomic mass is 10.1. The van der Waals surface area contributed by atoms with Crippen molar-refractivity contribution in [3.05, 3.63) is 34.4 Å². The summed E-state index contributed by atoms with van der Waals surface area (Å²) in [6.45, 7) is 7.54. The van der Waals surface area contributed by atoms with Crippen molar-refractivity contribution >= 4 is 44.6 Å². The standard InChI is InChI=1S/C21H28BrN5O2S/c1-14(2)18(13-28)23-20-19-17(7-12-30(19)29)24-21(25-20)27-10-8-26(9-11-27)16-5-3-15(22)4-6-16/h3-6,14,18,28H,7-13H2,1-2H3,(H,23,24,25)/t18-,30?/m0/s1. The van der Waals surface area contributed by atoms with Gasteiger partial charge in [0.05, 0.1) is 12.6 Å². The summed E-state index contributed by atoms with van der Waals surface area (Å²) < 4.78 is 13.6. The van der Waals surface area contributed by atoms with Crippen molar-refractivity contribution in [2.75, 3.05) is 53.7 Å². The van der Waals surface area contributed by atoms with Crippen molar-refractivity contribution < 1.29 is 9.66 Å². The minimum atomic E-state index is -1.09. The van der Waals surface area contributed by atoms with Gasteiger partial charge in [-0.2, -0.15) is 4.98 Å². The number of aliphatic hydroxyl groups is 1. The van der Waals surface area contributed by atoms with Crippen LogP contribution in [0.5, 0.6) is 0 Å². The molecule has 0 radical (unpaired) electrons. The monoisotopic (exact) mass is 493 g/mol. The highest BCUT2D eigenvalue weighted by Gasteiger charge is 2.34. The SMILES string of the molecule is CC(C)[C@H](CO)Nc1nc(N2CCN(c3ccc(Br)cc3)CC2)nc2c1[S+]([O-])CC2. The van der Waals surface area contributed by atoms with E-state index in [0.717, 1.165) is 36.3 Å². The van der Waals surface area contributed by atoms with Crippen LogP contribution in [0, 0.1) is 5.92 Å². The molecule has 162 valence electrons. The molecule has 2 atom stereocenters. The third-order valence-electron chi connectivity index (χ3n) is 5.75. The van der Waals surface area contributed by atoms with Gasteiger partial charge in [0.25, 0.3) is 0 Å². The number of nitrogens with one attached hydrogen (secondary N) is 1. The van der Waals surface area contributed by atoms with E-state index in [0.29, 0.717) is 28.8 Å². The molecule has 0 amide bonds. The number of benzene rings is 1. The van der Waals surface area contributed by atoms with Gasteiger partial charge in [-0.3, -0.25) is 0 Å². The largest absolute Gasteiger partial charge is 0.611 e. The van der Waals surface area contributed by atoms with Gasteiger partial charge >= 0.3 is 0 Å². The fourth-order valence-corrected chi connectivity index (χ4v) is 5.42. The van der Waals surface area contributed by atoms with Gasteiger partial charge in [0.15, 0.2) is 5.82 Å². The Labute approximate surface area is 189 Å². The maximum atomic E-state index is 12.5. The molecule has 1 saturated heterocycles. The predicted octanol–water partition coefficient (Wildman–Crippen LogP) is 2.66. The smallest absolute Gasteiger partial charge is 0.228 e. The molecular weight excluding hydrogens is 466 g/mol. The zero-order valence-electron chi connectivity index (χ0n) is 17.3. The number of anilines is 3. The second-order valence-electron chi connectivity index (χ2n) is 8.08. The van der Waals surface area contributed by atoms with Gasteiger partial charge in [0.1, 0.15) is 11.4 Å². The van der Waals surface area contributed by atoms with Crippen LogP contribution < -0.4 is 15.1 Å². The number of aliphatic hydroxyl groups excluding tert-OH is 1. The fourth-order valence-electron chi connectivity index (χ4n) is 3.84. The Morgan fingerprint density at radius 1 is 1.13 bits per heavy atom. The number of hydrogen-bond donors (Lipinski definition) is 2. The fraction of sp³-hybridized carbons (Fsp3) is 0.524. The van der Waals surface area contributed by atoms with Crippen LogP contribution in [0.2, 0.25) is 0 Å². The number of fused-ring (bicyclic) bond motifs is 1. The van der Waals surface area contributed by atoms with Gasteiger partial charge < -0.3 is 24.8 Å². The Kier molecular flexibility index (Phi) is 6.72. The summed E-state index contributed by atoms with van der Waals surface area (Å²) in [5.41, 5.74) is 2.09. The summed E-state index contributed by atoms with van der Waals surface area (Å²) in [5.74, 6) is 2.12. The molecule has 2 aliphatic rings. The van der Waals surface area contributed by atoms with Crippen molar-refractivity contribution in [1.82, 2.24) is 9.97 Å². The van der Waals surface area contributed by atoms with Crippen LogP contribution in [0.25, 0.3) is 0 Å². The van der Waals surface area contributed by atoms with Crippen molar-refractivity contribution in [3.8, 4) is 0 Å². The van der Waals surface area contributed by atoms with E-state index >= 15 is 0 Å². The van der Waals surface area contributed by atoms with E-state index in [4.69, 9.17) is 9.97 Å². The number of nitrogens with zero attached hydrogens (tertiary/aromatic N) is 4. The summed E-state index contributed by atoms with van der Waals surface area (Å²) in [4.78, 5) is 14.8. The maximum absolute atomic E-state index is 12.5. The first-order valence-corrected chi connectivity index (χ1v) is 12.5. The maximum Gasteiger partial charge on any atom is 0.228 e. The lowest BCUT2D eigenvalue weighted by Gasteiger charge is -2.36. The molecule has 2 aliphatic heterocycles. The van der Waals surface area contributed by atoms with E-state index in [9.17, 15) is 9.66 Å². The Morgan fingerprint density at radius 2 is 1.80 bits per heavy atom. The lowest BCUT2D eigenvalue weighted by Crippen LogP contribution is -2.47. The predicted molar refractivity (Wildman–Crippen MR) is 125 cm³/mol. The molecule has 1 unspecified atom stereocenters. The van der Waals surface area contributed by atoms with Crippen molar-refractivity contribution in [1.29, 1.82) is 0 Å². The number of aromatic nitrogens is 2. The van der Waals surface area contributed by atoms with E-state index in [1.807, 2.05) is 0 Å². The minimum absolute atomic E-state index is 0.00424. The van der Waals surface area contributed by atoms with Gasteiger partial charge in [-0.15, -0.1) is 0 Å². The lowest BCUT2D eigenvalue weighted by molar-refractivity contribution is 0.248. The molecule has 1 fully saturated rings. The van der Waals surface area contributed by atoms with Gasteiger partial charge in [0, 0.05) is 42.8 Å². The van der Waals surface area contributed by atoms with Crippen molar-refractivity contribution in [2.24, 2.45) is 5.92 Å². The quantitative estimate of drug-likeness (QED) is 0.597. The zero-order valence-corrected chi connectivity index (χ0v) is 19.7. The zero-order chi connectivity index (χ0) is 21.3. The van der Waals surface area contributed by atoms with Gasteiger partial charge in [-0.1, -0.05) is 29.8 Å². The first-order chi connectivity index (χ1) is 14.5. The molecule has 0 bridgehead atoms. The first-order valence-electron chi connectivity index (χ1n) is 10.4. The summed E-state index contributed by atoms with van der Waals surface area (Å²) in [5, 5.41) is 13.1. The highest BCUT2D eigenvalue weighted by molar-refractivity contribution is 9.10. The Hall–Kier alpha value is -1.55. The average molecular weight is 494 g/mol. The van der Waals surface area contributed by atoms with Crippen LogP contribution in [-0.4, -0.2) is 64.2 Å². The molecule has 9 heteroatoms. The molecule has 30 heavy (non-hydrogen) atoms. The van der Waals surface area contributed by atoms with Gasteiger partial charge in [-0.25, -0.2) is 4.98 Å². The molecule has 0 spiro atoms. The van der Waals surface area contributed by atoms with Crippen molar-refractivity contribution in [2.45, 2.75) is 31.2 Å². The summed E-state index contributed by atoms with van der Waals surface area (Å²) in [6, 6.07) is 8.25. The van der Waals surface area contributed by atoms with Crippen LogP contribution in [0.3, 0.4) is 0 Å². The van der Waals surface area contributed by atoms with Crippen LogP contribution in [0.15, 0.2) is 33.6 Å². The molecule has 4 rings (SSSR count). The molecule has 2 aromatic rings. The summed E-state index contributed by atoms with van der Waals surface area (Å²) in [6.07, 6.45) is 0.705. The van der Waals surface area contributed by atoms with E-state index in [-0.39, 0.29) is 18.6 Å².